The predicted octanol–water partition coefficient (Wildman–Crippen LogP) is 2.46. The van der Waals surface area contributed by atoms with Crippen LogP contribution in [0.25, 0.3) is 0 Å². The third-order valence-corrected chi connectivity index (χ3v) is 6.09. The van der Waals surface area contributed by atoms with Crippen LogP contribution in [0.3, 0.4) is 0 Å². The molecule has 1 amide bonds. The van der Waals surface area contributed by atoms with E-state index in [1.54, 1.807) is 74.5 Å². The Balaban J connectivity index is 2.06. The van der Waals surface area contributed by atoms with Crippen LogP contribution in [0.2, 0.25) is 0 Å². The third kappa shape index (κ3) is 4.86. The number of likely N-dealkylation sites (tertiary alicyclic amines) is 1. The van der Waals surface area contributed by atoms with Gasteiger partial charge in [0.2, 0.25) is 5.91 Å². The van der Waals surface area contributed by atoms with Crippen LogP contribution in [0.5, 0.6) is 0 Å². The molecule has 0 saturated carbocycles. The quantitative estimate of drug-likeness (QED) is 0.214. The number of nitrogens with zero attached hydrogens (tertiary/aromatic N) is 1. The minimum atomic E-state index is -2.48. The summed E-state index contributed by atoms with van der Waals surface area (Å²) in [5.41, 5.74) is -1.22. The molecule has 0 bridgehead atoms. The Morgan fingerprint density at radius 2 is 1.31 bits per heavy atom. The summed E-state index contributed by atoms with van der Waals surface area (Å²) in [7, 11) is 1.13. The van der Waals surface area contributed by atoms with E-state index < -0.39 is 53.0 Å². The Hall–Kier alpha value is -4.01. The van der Waals surface area contributed by atoms with Crippen LogP contribution < -0.4 is 0 Å². The molecule has 2 atom stereocenters. The Morgan fingerprint density at radius 3 is 1.67 bits per heavy atom. The summed E-state index contributed by atoms with van der Waals surface area (Å²) >= 11 is 0. The summed E-state index contributed by atoms with van der Waals surface area (Å²) in [6, 6.07) is 16.1. The second-order valence-electron chi connectivity index (χ2n) is 8.85. The molecule has 1 heterocycles. The van der Waals surface area contributed by atoms with E-state index >= 15 is 0 Å². The monoisotopic (exact) mass is 495 g/mol. The third-order valence-electron chi connectivity index (χ3n) is 6.09. The summed E-state index contributed by atoms with van der Waals surface area (Å²) in [6.45, 7) is 3.93. The summed E-state index contributed by atoms with van der Waals surface area (Å²) in [4.78, 5) is 66.7. The Morgan fingerprint density at radius 1 is 0.861 bits per heavy atom. The lowest BCUT2D eigenvalue weighted by Gasteiger charge is -2.54. The molecule has 0 radical (unpaired) electrons. The zero-order chi connectivity index (χ0) is 26.5. The zero-order valence-electron chi connectivity index (χ0n) is 20.6. The van der Waals surface area contributed by atoms with Crippen molar-refractivity contribution in [2.75, 3.05) is 7.11 Å². The largest absolute Gasteiger partial charge is 0.467 e. The van der Waals surface area contributed by atoms with Crippen LogP contribution in [-0.4, -0.2) is 53.2 Å². The number of carbonyl (C=O) groups is 5. The second-order valence-corrected chi connectivity index (χ2v) is 8.85. The van der Waals surface area contributed by atoms with Crippen LogP contribution in [-0.2, 0) is 51.4 Å². The van der Waals surface area contributed by atoms with Crippen molar-refractivity contribution in [3.8, 4) is 0 Å². The van der Waals surface area contributed by atoms with E-state index in [1.807, 2.05) is 0 Å². The van der Waals surface area contributed by atoms with E-state index in [4.69, 9.17) is 14.2 Å². The van der Waals surface area contributed by atoms with E-state index in [-0.39, 0.29) is 13.2 Å². The molecule has 1 aliphatic rings. The van der Waals surface area contributed by atoms with Crippen LogP contribution in [0, 0.1) is 11.8 Å². The fraction of sp³-hybridized carbons (Fsp3) is 0.370. The average Bonchev–Trinajstić information content (AvgIpc) is 2.87. The van der Waals surface area contributed by atoms with Gasteiger partial charge in [0.25, 0.3) is 5.54 Å². The first kappa shape index (κ1) is 26.6. The number of benzene rings is 2. The Labute approximate surface area is 209 Å². The summed E-state index contributed by atoms with van der Waals surface area (Å²) in [6.07, 6.45) is 0. The minimum absolute atomic E-state index is 0.218. The average molecular weight is 496 g/mol. The van der Waals surface area contributed by atoms with Crippen molar-refractivity contribution in [2.45, 2.75) is 45.6 Å². The van der Waals surface area contributed by atoms with Gasteiger partial charge in [0.15, 0.2) is 0 Å². The lowest BCUT2D eigenvalue weighted by Crippen LogP contribution is -2.83. The van der Waals surface area contributed by atoms with Crippen molar-refractivity contribution in [3.63, 3.8) is 0 Å². The van der Waals surface area contributed by atoms with Gasteiger partial charge in [0, 0.05) is 0 Å². The molecule has 2 aromatic rings. The lowest BCUT2D eigenvalue weighted by molar-refractivity contribution is -0.213. The highest BCUT2D eigenvalue weighted by Crippen LogP contribution is 2.44. The highest BCUT2D eigenvalue weighted by atomic mass is 16.6. The van der Waals surface area contributed by atoms with Crippen molar-refractivity contribution in [3.05, 3.63) is 71.8 Å². The number of Topliss-reactive ketones (excluding diaryl/α,β-unsaturated/α-hetero) is 1. The number of methoxy groups -OCH3 is 1. The number of carbonyl (C=O) groups excluding carboxylic acids is 5. The molecule has 0 spiro atoms. The SMILES string of the molecule is COC(=O)C(C(C)C)N1C(=O)C(C(C)=O)C1(C(=O)OCc1ccccc1)C(=O)OCc1ccccc1. The molecule has 190 valence electrons. The van der Waals surface area contributed by atoms with Crippen molar-refractivity contribution >= 4 is 29.6 Å². The lowest BCUT2D eigenvalue weighted by atomic mass is 9.68. The van der Waals surface area contributed by atoms with Gasteiger partial charge in [0.1, 0.15) is 31.0 Å². The van der Waals surface area contributed by atoms with Crippen molar-refractivity contribution in [1.29, 1.82) is 0 Å². The standard InChI is InChI=1S/C27H29NO8/c1-17(2)22(24(31)34-4)28-23(30)21(18(3)29)27(28,25(32)35-15-19-11-7-5-8-12-19)26(33)36-16-20-13-9-6-10-14-20/h5-14,17,21-22H,15-16H2,1-4H3. The molecular weight excluding hydrogens is 466 g/mol. The highest BCUT2D eigenvalue weighted by Gasteiger charge is 2.76. The molecule has 0 N–H and O–H groups in total. The Kier molecular flexibility index (Phi) is 8.24. The molecule has 36 heavy (non-hydrogen) atoms. The fourth-order valence-electron chi connectivity index (χ4n) is 4.37. The molecule has 1 aliphatic heterocycles. The number of hydrogen-bond donors (Lipinski definition) is 0. The maximum Gasteiger partial charge on any atom is 0.345 e. The number of ketones is 1. The van der Waals surface area contributed by atoms with E-state index in [0.717, 1.165) is 18.9 Å². The molecule has 1 saturated heterocycles. The van der Waals surface area contributed by atoms with Gasteiger partial charge < -0.3 is 19.1 Å². The van der Waals surface area contributed by atoms with Crippen molar-refractivity contribution in [1.82, 2.24) is 4.90 Å². The van der Waals surface area contributed by atoms with Gasteiger partial charge in [-0.1, -0.05) is 74.5 Å². The van der Waals surface area contributed by atoms with E-state index in [9.17, 15) is 24.0 Å². The summed E-state index contributed by atoms with van der Waals surface area (Å²) < 4.78 is 15.8. The maximum absolute atomic E-state index is 13.7. The molecular formula is C27H29NO8. The number of ether oxygens (including phenoxy) is 3. The minimum Gasteiger partial charge on any atom is -0.467 e. The predicted molar refractivity (Wildman–Crippen MR) is 127 cm³/mol. The van der Waals surface area contributed by atoms with Gasteiger partial charge >= 0.3 is 17.9 Å². The number of amides is 1. The molecule has 3 rings (SSSR count). The van der Waals surface area contributed by atoms with Gasteiger partial charge in [-0.3, -0.25) is 9.59 Å². The first-order valence-electron chi connectivity index (χ1n) is 11.5. The number of β-lactam (4-membered cyclic amide) rings is 1. The first-order valence-corrected chi connectivity index (χ1v) is 11.5. The van der Waals surface area contributed by atoms with Gasteiger partial charge in [-0.05, 0) is 24.0 Å². The molecule has 9 heteroatoms. The first-order chi connectivity index (χ1) is 17.2. The van der Waals surface area contributed by atoms with Gasteiger partial charge in [-0.15, -0.1) is 0 Å². The smallest absolute Gasteiger partial charge is 0.345 e. The molecule has 9 nitrogen and oxygen atoms in total. The van der Waals surface area contributed by atoms with Crippen LogP contribution in [0.15, 0.2) is 60.7 Å². The van der Waals surface area contributed by atoms with E-state index in [2.05, 4.69) is 0 Å². The van der Waals surface area contributed by atoms with E-state index in [0.29, 0.717) is 11.1 Å². The molecule has 0 aromatic heterocycles. The van der Waals surface area contributed by atoms with Crippen molar-refractivity contribution < 1.29 is 38.2 Å². The maximum atomic E-state index is 13.7. The number of hydrogen-bond acceptors (Lipinski definition) is 8. The van der Waals surface area contributed by atoms with Crippen molar-refractivity contribution in [2.24, 2.45) is 11.8 Å². The number of esters is 3. The normalized spacial score (nSPS) is 17.1. The van der Waals surface area contributed by atoms with E-state index in [1.165, 1.54) is 0 Å². The Bertz CT molecular complexity index is 1070. The fourth-order valence-corrected chi connectivity index (χ4v) is 4.37. The summed E-state index contributed by atoms with van der Waals surface area (Å²) in [5, 5.41) is 0. The van der Waals surface area contributed by atoms with Gasteiger partial charge in [-0.2, -0.15) is 0 Å². The summed E-state index contributed by atoms with van der Waals surface area (Å²) in [5.74, 6) is -6.97. The van der Waals surface area contributed by atoms with Gasteiger partial charge in [-0.25, -0.2) is 14.4 Å². The van der Waals surface area contributed by atoms with Crippen LogP contribution >= 0.6 is 0 Å². The second kappa shape index (κ2) is 11.2. The van der Waals surface area contributed by atoms with Crippen LogP contribution in [0.4, 0.5) is 0 Å². The molecule has 2 aromatic carbocycles. The van der Waals surface area contributed by atoms with Gasteiger partial charge in [0.05, 0.1) is 7.11 Å². The zero-order valence-corrected chi connectivity index (χ0v) is 20.6. The topological polar surface area (TPSA) is 116 Å². The van der Waals surface area contributed by atoms with Crippen LogP contribution in [0.1, 0.15) is 31.9 Å². The molecule has 0 aliphatic carbocycles. The number of rotatable bonds is 10. The molecule has 1 fully saturated rings. The molecule has 2 unspecified atom stereocenters. The highest BCUT2D eigenvalue weighted by molar-refractivity contribution is 6.25.